The van der Waals surface area contributed by atoms with Crippen LogP contribution in [0.1, 0.15) is 17.5 Å². The minimum atomic E-state index is -0.319. The van der Waals surface area contributed by atoms with E-state index in [0.717, 1.165) is 22.1 Å². The van der Waals surface area contributed by atoms with Gasteiger partial charge in [0.2, 0.25) is 5.91 Å². The number of nitrogens with one attached hydrogen (secondary N) is 1. The van der Waals surface area contributed by atoms with E-state index < -0.39 is 0 Å². The number of thioether (sulfide) groups is 1. The quantitative estimate of drug-likeness (QED) is 0.357. The zero-order valence-electron chi connectivity index (χ0n) is 16.8. The SMILES string of the molecule is Cc1ccc(-n2c(SCCCN3C(=O)CNC3=O)nnc2-c2ccccn2)c(C)c1. The van der Waals surface area contributed by atoms with Gasteiger partial charge >= 0.3 is 6.03 Å². The predicted octanol–water partition coefficient (Wildman–Crippen LogP) is 2.98. The summed E-state index contributed by atoms with van der Waals surface area (Å²) in [6.45, 7) is 4.60. The molecular formula is C21H22N6O2S. The lowest BCUT2D eigenvalue weighted by Crippen LogP contribution is -2.32. The second kappa shape index (κ2) is 8.66. The Bertz CT molecular complexity index is 1070. The van der Waals surface area contributed by atoms with Crippen molar-refractivity contribution in [2.24, 2.45) is 0 Å². The lowest BCUT2D eigenvalue weighted by molar-refractivity contribution is -0.124. The normalized spacial score (nSPS) is 13.7. The maximum absolute atomic E-state index is 11.7. The summed E-state index contributed by atoms with van der Waals surface area (Å²) in [7, 11) is 0. The Kier molecular flexibility index (Phi) is 5.80. The maximum atomic E-state index is 11.7. The van der Waals surface area contributed by atoms with E-state index in [1.54, 1.807) is 18.0 Å². The van der Waals surface area contributed by atoms with Crippen molar-refractivity contribution in [1.82, 2.24) is 30.0 Å². The lowest BCUT2D eigenvalue weighted by Gasteiger charge is -2.14. The Hall–Kier alpha value is -3.20. The van der Waals surface area contributed by atoms with E-state index in [-0.39, 0.29) is 18.5 Å². The molecule has 3 amide bonds. The highest BCUT2D eigenvalue weighted by atomic mass is 32.2. The number of carbonyl (C=O) groups excluding carboxylic acids is 2. The number of carbonyl (C=O) groups is 2. The summed E-state index contributed by atoms with van der Waals surface area (Å²) in [5.74, 6) is 1.20. The van der Waals surface area contributed by atoms with Crippen LogP contribution in [0.25, 0.3) is 17.2 Å². The van der Waals surface area contributed by atoms with Gasteiger partial charge in [0.05, 0.1) is 12.2 Å². The van der Waals surface area contributed by atoms with Crippen molar-refractivity contribution < 1.29 is 9.59 Å². The zero-order valence-corrected chi connectivity index (χ0v) is 17.6. The van der Waals surface area contributed by atoms with Gasteiger partial charge in [-0.15, -0.1) is 10.2 Å². The first-order valence-electron chi connectivity index (χ1n) is 9.70. The molecule has 30 heavy (non-hydrogen) atoms. The first kappa shape index (κ1) is 20.1. The van der Waals surface area contributed by atoms with Crippen molar-refractivity contribution in [2.75, 3.05) is 18.8 Å². The molecule has 1 aromatic carbocycles. The number of hydrogen-bond acceptors (Lipinski definition) is 6. The highest BCUT2D eigenvalue weighted by Gasteiger charge is 2.27. The molecule has 1 fully saturated rings. The smallest absolute Gasteiger partial charge is 0.324 e. The van der Waals surface area contributed by atoms with Gasteiger partial charge in [0.1, 0.15) is 5.69 Å². The van der Waals surface area contributed by atoms with Crippen molar-refractivity contribution in [2.45, 2.75) is 25.4 Å². The molecule has 1 saturated heterocycles. The number of aromatic nitrogens is 4. The summed E-state index contributed by atoms with van der Waals surface area (Å²) in [6.07, 6.45) is 2.41. The third kappa shape index (κ3) is 4.06. The molecule has 0 radical (unpaired) electrons. The Morgan fingerprint density at radius 2 is 2.00 bits per heavy atom. The van der Waals surface area contributed by atoms with E-state index in [9.17, 15) is 9.59 Å². The van der Waals surface area contributed by atoms with Crippen LogP contribution >= 0.6 is 11.8 Å². The van der Waals surface area contributed by atoms with Gasteiger partial charge in [0.25, 0.3) is 0 Å². The fourth-order valence-corrected chi connectivity index (χ4v) is 4.23. The van der Waals surface area contributed by atoms with Crippen LogP contribution in [0.15, 0.2) is 47.8 Å². The molecule has 1 aliphatic rings. The largest absolute Gasteiger partial charge is 0.329 e. The molecule has 1 N–H and O–H groups in total. The van der Waals surface area contributed by atoms with E-state index in [1.807, 2.05) is 22.8 Å². The Morgan fingerprint density at radius 3 is 2.70 bits per heavy atom. The lowest BCUT2D eigenvalue weighted by atomic mass is 10.1. The summed E-state index contributed by atoms with van der Waals surface area (Å²) in [6, 6.07) is 11.6. The van der Waals surface area contributed by atoms with E-state index >= 15 is 0 Å². The second-order valence-electron chi connectivity index (χ2n) is 7.05. The van der Waals surface area contributed by atoms with Crippen molar-refractivity contribution in [3.63, 3.8) is 0 Å². The summed E-state index contributed by atoms with van der Waals surface area (Å²) in [4.78, 5) is 29.1. The average molecular weight is 423 g/mol. The van der Waals surface area contributed by atoms with Gasteiger partial charge in [-0.05, 0) is 44.0 Å². The fraction of sp³-hybridized carbons (Fsp3) is 0.286. The summed E-state index contributed by atoms with van der Waals surface area (Å²) < 4.78 is 2.02. The minimum absolute atomic E-state index is 0.0838. The number of nitrogens with zero attached hydrogens (tertiary/aromatic N) is 5. The Labute approximate surface area is 178 Å². The predicted molar refractivity (Wildman–Crippen MR) is 115 cm³/mol. The van der Waals surface area contributed by atoms with Crippen LogP contribution in [-0.2, 0) is 4.79 Å². The monoisotopic (exact) mass is 422 g/mol. The zero-order chi connectivity index (χ0) is 21.1. The number of amides is 3. The fourth-order valence-electron chi connectivity index (χ4n) is 3.37. The number of pyridine rings is 1. The van der Waals surface area contributed by atoms with Crippen molar-refractivity contribution in [3.8, 4) is 17.2 Å². The standard InChI is InChI=1S/C21H22N6O2S/c1-14-7-8-17(15(2)12-14)27-19(16-6-3-4-9-22-16)24-25-21(27)30-11-5-10-26-18(28)13-23-20(26)29/h3-4,6-9,12H,5,10-11,13H2,1-2H3,(H,23,29). The maximum Gasteiger partial charge on any atom is 0.324 e. The number of rotatable bonds is 7. The molecule has 0 aliphatic carbocycles. The molecule has 154 valence electrons. The molecule has 0 unspecified atom stereocenters. The first-order valence-corrected chi connectivity index (χ1v) is 10.7. The van der Waals surface area contributed by atoms with Gasteiger partial charge in [-0.1, -0.05) is 35.5 Å². The first-order chi connectivity index (χ1) is 14.5. The molecule has 9 heteroatoms. The van der Waals surface area contributed by atoms with Crippen LogP contribution in [0.4, 0.5) is 4.79 Å². The third-order valence-corrected chi connectivity index (χ3v) is 5.83. The number of urea groups is 1. The van der Waals surface area contributed by atoms with Gasteiger partial charge in [-0.3, -0.25) is 19.2 Å². The highest BCUT2D eigenvalue weighted by Crippen LogP contribution is 2.29. The molecule has 0 saturated carbocycles. The van der Waals surface area contributed by atoms with Crippen LogP contribution in [-0.4, -0.2) is 55.4 Å². The average Bonchev–Trinajstić information content (AvgIpc) is 3.29. The van der Waals surface area contributed by atoms with Crippen LogP contribution in [0.2, 0.25) is 0 Å². The molecule has 0 bridgehead atoms. The van der Waals surface area contributed by atoms with Crippen molar-refractivity contribution in [1.29, 1.82) is 0 Å². The molecule has 0 spiro atoms. The molecular weight excluding hydrogens is 400 g/mol. The number of imide groups is 1. The second-order valence-corrected chi connectivity index (χ2v) is 8.11. The van der Waals surface area contributed by atoms with Gasteiger partial charge in [-0.25, -0.2) is 4.79 Å². The molecule has 0 atom stereocenters. The van der Waals surface area contributed by atoms with Gasteiger partial charge in [0, 0.05) is 18.5 Å². The van der Waals surface area contributed by atoms with Gasteiger partial charge < -0.3 is 5.32 Å². The van der Waals surface area contributed by atoms with E-state index in [2.05, 4.69) is 52.5 Å². The van der Waals surface area contributed by atoms with Crippen LogP contribution in [0.5, 0.6) is 0 Å². The topological polar surface area (TPSA) is 93.0 Å². The van der Waals surface area contributed by atoms with Crippen LogP contribution in [0.3, 0.4) is 0 Å². The molecule has 1 aliphatic heterocycles. The summed E-state index contributed by atoms with van der Waals surface area (Å²) in [5, 5.41) is 12.1. The Balaban J connectivity index is 1.58. The van der Waals surface area contributed by atoms with Crippen LogP contribution < -0.4 is 5.32 Å². The van der Waals surface area contributed by atoms with E-state index in [4.69, 9.17) is 0 Å². The summed E-state index contributed by atoms with van der Waals surface area (Å²) in [5.41, 5.74) is 4.05. The van der Waals surface area contributed by atoms with E-state index in [0.29, 0.717) is 24.5 Å². The minimum Gasteiger partial charge on any atom is -0.329 e. The molecule has 8 nitrogen and oxygen atoms in total. The molecule has 4 rings (SSSR count). The van der Waals surface area contributed by atoms with Gasteiger partial charge in [-0.2, -0.15) is 0 Å². The Morgan fingerprint density at radius 1 is 1.13 bits per heavy atom. The van der Waals surface area contributed by atoms with Gasteiger partial charge in [0.15, 0.2) is 11.0 Å². The van der Waals surface area contributed by atoms with Crippen LogP contribution in [0, 0.1) is 13.8 Å². The third-order valence-electron chi connectivity index (χ3n) is 4.81. The van der Waals surface area contributed by atoms with Crippen molar-refractivity contribution >= 4 is 23.7 Å². The summed E-state index contributed by atoms with van der Waals surface area (Å²) >= 11 is 1.55. The van der Waals surface area contributed by atoms with E-state index in [1.165, 1.54) is 10.5 Å². The number of hydrogen-bond donors (Lipinski definition) is 1. The number of benzene rings is 1. The molecule has 3 aromatic rings. The number of aryl methyl sites for hydroxylation is 2. The highest BCUT2D eigenvalue weighted by molar-refractivity contribution is 7.99. The van der Waals surface area contributed by atoms with Crippen molar-refractivity contribution in [3.05, 3.63) is 53.7 Å². The molecule has 2 aromatic heterocycles. The molecule has 3 heterocycles.